The summed E-state index contributed by atoms with van der Waals surface area (Å²) in [5.41, 5.74) is 11.5. The number of hydrogen-bond donors (Lipinski definition) is 2. The first-order valence-electron chi connectivity index (χ1n) is 6.49. The van der Waals surface area contributed by atoms with Crippen molar-refractivity contribution in [2.75, 3.05) is 5.32 Å². The summed E-state index contributed by atoms with van der Waals surface area (Å²) >= 11 is 3.53. The Labute approximate surface area is 126 Å². The van der Waals surface area contributed by atoms with E-state index < -0.39 is 0 Å². The van der Waals surface area contributed by atoms with Crippen molar-refractivity contribution < 1.29 is 4.79 Å². The fourth-order valence-electron chi connectivity index (χ4n) is 2.44. The normalized spacial score (nSPS) is 14.8. The van der Waals surface area contributed by atoms with Crippen LogP contribution in [0.5, 0.6) is 0 Å². The second kappa shape index (κ2) is 5.04. The molecule has 2 aromatic carbocycles. The summed E-state index contributed by atoms with van der Waals surface area (Å²) in [7, 11) is 0. The zero-order valence-corrected chi connectivity index (χ0v) is 12.7. The van der Waals surface area contributed by atoms with Crippen LogP contribution in [0.1, 0.15) is 28.3 Å². The first kappa shape index (κ1) is 13.3. The Morgan fingerprint density at radius 3 is 2.65 bits per heavy atom. The Balaban J connectivity index is 1.94. The number of carbonyl (C=O) groups excluding carboxylic acids is 1. The molecule has 1 aliphatic heterocycles. The molecule has 1 unspecified atom stereocenters. The Kier molecular flexibility index (Phi) is 3.36. The quantitative estimate of drug-likeness (QED) is 0.887. The molecule has 102 valence electrons. The highest BCUT2D eigenvalue weighted by Crippen LogP contribution is 2.29. The largest absolute Gasteiger partial charge is 0.326 e. The topological polar surface area (TPSA) is 55.1 Å². The van der Waals surface area contributed by atoms with Gasteiger partial charge in [-0.3, -0.25) is 4.79 Å². The number of aryl methyl sites for hydroxylation is 1. The van der Waals surface area contributed by atoms with Gasteiger partial charge in [-0.15, -0.1) is 0 Å². The van der Waals surface area contributed by atoms with Crippen LogP contribution in [0.2, 0.25) is 0 Å². The third kappa shape index (κ3) is 2.37. The molecule has 0 fully saturated rings. The van der Waals surface area contributed by atoms with Gasteiger partial charge in [-0.25, -0.2) is 0 Å². The zero-order valence-electron chi connectivity index (χ0n) is 11.1. The van der Waals surface area contributed by atoms with Gasteiger partial charge in [0, 0.05) is 10.2 Å². The van der Waals surface area contributed by atoms with Crippen molar-refractivity contribution in [3.63, 3.8) is 0 Å². The highest BCUT2D eigenvalue weighted by Gasteiger charge is 2.19. The fourth-order valence-corrected chi connectivity index (χ4v) is 2.83. The number of benzene rings is 2. The van der Waals surface area contributed by atoms with Gasteiger partial charge in [0.2, 0.25) is 5.91 Å². The molecule has 1 amide bonds. The van der Waals surface area contributed by atoms with E-state index in [1.807, 2.05) is 31.2 Å². The molecule has 0 saturated carbocycles. The number of anilines is 1. The van der Waals surface area contributed by atoms with Crippen molar-refractivity contribution in [1.82, 2.24) is 0 Å². The smallest absolute Gasteiger partial charge is 0.228 e. The molecule has 0 aromatic heterocycles. The number of rotatable bonds is 2. The second-order valence-electron chi connectivity index (χ2n) is 5.13. The number of halogens is 1. The van der Waals surface area contributed by atoms with Gasteiger partial charge in [-0.1, -0.05) is 40.2 Å². The average Bonchev–Trinajstić information content (AvgIpc) is 2.80. The Hall–Kier alpha value is -1.65. The molecule has 3 rings (SSSR count). The van der Waals surface area contributed by atoms with Gasteiger partial charge >= 0.3 is 0 Å². The predicted molar refractivity (Wildman–Crippen MR) is 83.7 cm³/mol. The fraction of sp³-hybridized carbons (Fsp3) is 0.188. The summed E-state index contributed by atoms with van der Waals surface area (Å²) in [6.45, 7) is 2.05. The van der Waals surface area contributed by atoms with Gasteiger partial charge in [-0.05, 0) is 41.3 Å². The van der Waals surface area contributed by atoms with Gasteiger partial charge in [0.05, 0.1) is 12.5 Å². The Morgan fingerprint density at radius 2 is 1.90 bits per heavy atom. The molecule has 4 heteroatoms. The molecule has 0 aliphatic carbocycles. The lowest BCUT2D eigenvalue weighted by molar-refractivity contribution is -0.115. The van der Waals surface area contributed by atoms with E-state index in [0.29, 0.717) is 6.42 Å². The van der Waals surface area contributed by atoms with Crippen molar-refractivity contribution in [3.8, 4) is 0 Å². The average molecular weight is 331 g/mol. The van der Waals surface area contributed by atoms with Crippen LogP contribution < -0.4 is 11.1 Å². The Bertz CT molecular complexity index is 697. The maximum atomic E-state index is 11.4. The molecule has 0 spiro atoms. The molecular weight excluding hydrogens is 316 g/mol. The van der Waals surface area contributed by atoms with Crippen LogP contribution >= 0.6 is 15.9 Å². The number of nitrogens with two attached hydrogens (primary N) is 1. The molecule has 0 bridgehead atoms. The molecule has 0 saturated heterocycles. The van der Waals surface area contributed by atoms with Gasteiger partial charge in [0.15, 0.2) is 0 Å². The molecule has 20 heavy (non-hydrogen) atoms. The number of nitrogens with one attached hydrogen (secondary N) is 1. The minimum absolute atomic E-state index is 0.0452. The van der Waals surface area contributed by atoms with E-state index in [0.717, 1.165) is 26.9 Å². The Morgan fingerprint density at radius 1 is 1.20 bits per heavy atom. The van der Waals surface area contributed by atoms with Crippen LogP contribution in [0.15, 0.2) is 40.9 Å². The van der Waals surface area contributed by atoms with Crippen molar-refractivity contribution in [2.24, 2.45) is 5.73 Å². The van der Waals surface area contributed by atoms with E-state index in [1.54, 1.807) is 0 Å². The van der Waals surface area contributed by atoms with Gasteiger partial charge in [0.1, 0.15) is 0 Å². The zero-order chi connectivity index (χ0) is 14.3. The summed E-state index contributed by atoms with van der Waals surface area (Å²) < 4.78 is 1.06. The highest BCUT2D eigenvalue weighted by atomic mass is 79.9. The summed E-state index contributed by atoms with van der Waals surface area (Å²) in [5.74, 6) is 0.0452. The van der Waals surface area contributed by atoms with E-state index in [9.17, 15) is 4.79 Å². The molecule has 1 heterocycles. The van der Waals surface area contributed by atoms with E-state index >= 15 is 0 Å². The van der Waals surface area contributed by atoms with Crippen molar-refractivity contribution in [1.29, 1.82) is 0 Å². The van der Waals surface area contributed by atoms with Crippen LogP contribution in [-0.4, -0.2) is 5.91 Å². The molecule has 1 atom stereocenters. The van der Waals surface area contributed by atoms with Crippen LogP contribution in [0, 0.1) is 6.92 Å². The van der Waals surface area contributed by atoms with E-state index in [1.165, 1.54) is 5.56 Å². The predicted octanol–water partition coefficient (Wildman–Crippen LogP) is 3.30. The third-order valence-corrected chi connectivity index (χ3v) is 4.52. The van der Waals surface area contributed by atoms with E-state index in [2.05, 4.69) is 33.4 Å². The third-order valence-electron chi connectivity index (χ3n) is 3.67. The number of carbonyl (C=O) groups is 1. The van der Waals surface area contributed by atoms with Gasteiger partial charge in [-0.2, -0.15) is 0 Å². The lowest BCUT2D eigenvalue weighted by atomic mass is 9.96. The maximum Gasteiger partial charge on any atom is 0.228 e. The monoisotopic (exact) mass is 330 g/mol. The van der Waals surface area contributed by atoms with Gasteiger partial charge < -0.3 is 11.1 Å². The summed E-state index contributed by atoms with van der Waals surface area (Å²) in [6, 6.07) is 11.9. The lowest BCUT2D eigenvalue weighted by Crippen LogP contribution is -2.12. The molecule has 3 N–H and O–H groups in total. The van der Waals surface area contributed by atoms with Crippen molar-refractivity contribution in [3.05, 3.63) is 63.1 Å². The molecular formula is C16H15BrN2O. The number of fused-ring (bicyclic) bond motifs is 1. The summed E-state index contributed by atoms with van der Waals surface area (Å²) in [6.07, 6.45) is 0.438. The number of amides is 1. The first-order valence-corrected chi connectivity index (χ1v) is 7.28. The maximum absolute atomic E-state index is 11.4. The SMILES string of the molecule is Cc1ccc(C(N)c2ccc3c(c2)CC(=O)N3)cc1Br. The first-order chi connectivity index (χ1) is 9.54. The van der Waals surface area contributed by atoms with Crippen molar-refractivity contribution in [2.45, 2.75) is 19.4 Å². The number of hydrogen-bond acceptors (Lipinski definition) is 2. The molecule has 3 nitrogen and oxygen atoms in total. The summed E-state index contributed by atoms with van der Waals surface area (Å²) in [4.78, 5) is 11.4. The summed E-state index contributed by atoms with van der Waals surface area (Å²) in [5, 5.41) is 2.83. The van der Waals surface area contributed by atoms with Crippen molar-refractivity contribution >= 4 is 27.5 Å². The molecule has 1 aliphatic rings. The van der Waals surface area contributed by atoms with Crippen LogP contribution in [0.4, 0.5) is 5.69 Å². The lowest BCUT2D eigenvalue weighted by Gasteiger charge is -2.15. The minimum atomic E-state index is -0.187. The van der Waals surface area contributed by atoms with E-state index in [-0.39, 0.29) is 11.9 Å². The standard InChI is InChI=1S/C16H15BrN2O/c1-9-2-3-11(7-13(9)17)16(18)10-4-5-14-12(6-10)8-15(20)19-14/h2-7,16H,8,18H2,1H3,(H,19,20). The molecule has 2 aromatic rings. The van der Waals surface area contributed by atoms with Crippen LogP contribution in [0.25, 0.3) is 0 Å². The highest BCUT2D eigenvalue weighted by molar-refractivity contribution is 9.10. The van der Waals surface area contributed by atoms with Crippen LogP contribution in [-0.2, 0) is 11.2 Å². The minimum Gasteiger partial charge on any atom is -0.326 e. The molecule has 0 radical (unpaired) electrons. The van der Waals surface area contributed by atoms with Crippen LogP contribution in [0.3, 0.4) is 0 Å². The van der Waals surface area contributed by atoms with Gasteiger partial charge in [0.25, 0.3) is 0 Å². The van der Waals surface area contributed by atoms with E-state index in [4.69, 9.17) is 5.73 Å². The second-order valence-corrected chi connectivity index (χ2v) is 5.98.